The molecule has 0 atom stereocenters. The number of ether oxygens (including phenoxy) is 1. The molecule has 110 valence electrons. The molecule has 0 spiro atoms. The molecule has 5 nitrogen and oxygen atoms in total. The molecule has 5 heteroatoms. The maximum absolute atomic E-state index is 11.9. The fraction of sp³-hybridized carbons (Fsp3) is 0.929. The fourth-order valence-corrected chi connectivity index (χ4v) is 2.87. The second-order valence-corrected chi connectivity index (χ2v) is 5.70. The van der Waals surface area contributed by atoms with Gasteiger partial charge >= 0.3 is 0 Å². The Bertz CT molecular complexity index is 284. The van der Waals surface area contributed by atoms with E-state index >= 15 is 0 Å². The minimum Gasteiger partial charge on any atom is -0.389 e. The van der Waals surface area contributed by atoms with E-state index in [1.54, 1.807) is 0 Å². The van der Waals surface area contributed by atoms with Gasteiger partial charge in [0.2, 0.25) is 5.91 Å². The average molecular weight is 270 g/mol. The molecule has 0 radical (unpaired) electrons. The summed E-state index contributed by atoms with van der Waals surface area (Å²) in [5.41, 5.74) is -0.541. The first-order valence-corrected chi connectivity index (χ1v) is 7.48. The standard InChI is InChI=1S/C14H26N2O3/c17-13(16-8-10-19-11-9-16)4-7-15-12-14(18)5-2-1-3-6-14/h15,18H,1-12H2. The maximum atomic E-state index is 11.9. The fourth-order valence-electron chi connectivity index (χ4n) is 2.87. The number of aliphatic hydroxyl groups is 1. The first-order valence-electron chi connectivity index (χ1n) is 7.48. The van der Waals surface area contributed by atoms with Gasteiger partial charge in [-0.15, -0.1) is 0 Å². The van der Waals surface area contributed by atoms with Crippen LogP contribution in [0, 0.1) is 0 Å². The number of nitrogens with one attached hydrogen (secondary N) is 1. The summed E-state index contributed by atoms with van der Waals surface area (Å²) >= 11 is 0. The summed E-state index contributed by atoms with van der Waals surface area (Å²) in [5, 5.41) is 13.5. The Morgan fingerprint density at radius 2 is 1.89 bits per heavy atom. The number of morpholine rings is 1. The molecule has 1 saturated carbocycles. The first kappa shape index (κ1) is 14.8. The zero-order chi connectivity index (χ0) is 13.6. The van der Waals surface area contributed by atoms with Gasteiger partial charge in [-0.05, 0) is 12.8 Å². The van der Waals surface area contributed by atoms with Crippen LogP contribution in [-0.2, 0) is 9.53 Å². The molecule has 1 aliphatic heterocycles. The van der Waals surface area contributed by atoms with Crippen LogP contribution in [0.5, 0.6) is 0 Å². The lowest BCUT2D eigenvalue weighted by atomic mass is 9.85. The van der Waals surface area contributed by atoms with Crippen LogP contribution >= 0.6 is 0 Å². The van der Waals surface area contributed by atoms with Crippen molar-refractivity contribution in [1.82, 2.24) is 10.2 Å². The normalized spacial score (nSPS) is 23.3. The van der Waals surface area contributed by atoms with Gasteiger partial charge in [-0.1, -0.05) is 19.3 Å². The van der Waals surface area contributed by atoms with Gasteiger partial charge in [0, 0.05) is 32.6 Å². The maximum Gasteiger partial charge on any atom is 0.224 e. The van der Waals surface area contributed by atoms with E-state index in [0.717, 1.165) is 25.7 Å². The molecule has 1 heterocycles. The van der Waals surface area contributed by atoms with E-state index in [2.05, 4.69) is 5.32 Å². The smallest absolute Gasteiger partial charge is 0.224 e. The van der Waals surface area contributed by atoms with E-state index in [-0.39, 0.29) is 5.91 Å². The molecule has 19 heavy (non-hydrogen) atoms. The van der Waals surface area contributed by atoms with Gasteiger partial charge in [0.05, 0.1) is 18.8 Å². The molecule has 1 saturated heterocycles. The molecular formula is C14H26N2O3. The van der Waals surface area contributed by atoms with Crippen molar-refractivity contribution >= 4 is 5.91 Å². The molecule has 0 aromatic rings. The van der Waals surface area contributed by atoms with Crippen molar-refractivity contribution in [2.45, 2.75) is 44.1 Å². The molecule has 2 aliphatic rings. The summed E-state index contributed by atoms with van der Waals surface area (Å²) in [4.78, 5) is 13.8. The number of hydrogen-bond donors (Lipinski definition) is 2. The van der Waals surface area contributed by atoms with E-state index in [9.17, 15) is 9.90 Å². The van der Waals surface area contributed by atoms with Gasteiger partial charge in [-0.3, -0.25) is 4.79 Å². The van der Waals surface area contributed by atoms with E-state index in [4.69, 9.17) is 4.74 Å². The van der Waals surface area contributed by atoms with Crippen molar-refractivity contribution in [3.05, 3.63) is 0 Å². The molecule has 0 unspecified atom stereocenters. The Hall–Kier alpha value is -0.650. The zero-order valence-corrected chi connectivity index (χ0v) is 11.7. The van der Waals surface area contributed by atoms with Crippen LogP contribution < -0.4 is 5.32 Å². The van der Waals surface area contributed by atoms with Gasteiger partial charge in [0.1, 0.15) is 0 Å². The molecule has 1 aliphatic carbocycles. The van der Waals surface area contributed by atoms with Gasteiger partial charge < -0.3 is 20.1 Å². The van der Waals surface area contributed by atoms with Crippen LogP contribution in [0.2, 0.25) is 0 Å². The quantitative estimate of drug-likeness (QED) is 0.715. The Labute approximate surface area is 115 Å². The van der Waals surface area contributed by atoms with Crippen molar-refractivity contribution in [1.29, 1.82) is 0 Å². The summed E-state index contributed by atoms with van der Waals surface area (Å²) in [6.45, 7) is 3.99. The van der Waals surface area contributed by atoms with E-state index in [1.807, 2.05) is 4.90 Å². The molecule has 2 fully saturated rings. The highest BCUT2D eigenvalue weighted by atomic mass is 16.5. The third-order valence-electron chi connectivity index (χ3n) is 4.12. The average Bonchev–Trinajstić information content (AvgIpc) is 2.45. The SMILES string of the molecule is O=C(CCNCC1(O)CCCCC1)N1CCOCC1. The van der Waals surface area contributed by atoms with Crippen LogP contribution in [0.4, 0.5) is 0 Å². The highest BCUT2D eigenvalue weighted by Gasteiger charge is 2.28. The second-order valence-electron chi connectivity index (χ2n) is 5.70. The molecule has 1 amide bonds. The van der Waals surface area contributed by atoms with Gasteiger partial charge in [0.15, 0.2) is 0 Å². The predicted molar refractivity (Wildman–Crippen MR) is 72.9 cm³/mol. The molecule has 0 bridgehead atoms. The van der Waals surface area contributed by atoms with Crippen LogP contribution in [0.15, 0.2) is 0 Å². The number of carbonyl (C=O) groups is 1. The first-order chi connectivity index (χ1) is 9.20. The summed E-state index contributed by atoms with van der Waals surface area (Å²) in [6.07, 6.45) is 5.75. The van der Waals surface area contributed by atoms with Gasteiger partial charge in [-0.2, -0.15) is 0 Å². The summed E-state index contributed by atoms with van der Waals surface area (Å²) in [5.74, 6) is 0.187. The Morgan fingerprint density at radius 3 is 2.58 bits per heavy atom. The molecule has 0 aromatic heterocycles. The number of amides is 1. The third kappa shape index (κ3) is 4.75. The lowest BCUT2D eigenvalue weighted by molar-refractivity contribution is -0.135. The number of hydrogen-bond acceptors (Lipinski definition) is 4. The third-order valence-corrected chi connectivity index (χ3v) is 4.12. The Kier molecular flexibility index (Phi) is 5.60. The van der Waals surface area contributed by atoms with Gasteiger partial charge in [0.25, 0.3) is 0 Å². The van der Waals surface area contributed by atoms with Crippen LogP contribution in [0.3, 0.4) is 0 Å². The van der Waals surface area contributed by atoms with Crippen molar-refractivity contribution < 1.29 is 14.6 Å². The van der Waals surface area contributed by atoms with E-state index < -0.39 is 5.60 Å². The largest absolute Gasteiger partial charge is 0.389 e. The number of rotatable bonds is 5. The lowest BCUT2D eigenvalue weighted by Crippen LogP contribution is -2.44. The minimum absolute atomic E-state index is 0.187. The highest BCUT2D eigenvalue weighted by Crippen LogP contribution is 2.27. The molecule has 0 aromatic carbocycles. The van der Waals surface area contributed by atoms with E-state index in [1.165, 1.54) is 6.42 Å². The van der Waals surface area contributed by atoms with Crippen LogP contribution in [-0.4, -0.2) is 60.9 Å². The molecular weight excluding hydrogens is 244 g/mol. The van der Waals surface area contributed by atoms with Crippen molar-refractivity contribution in [2.75, 3.05) is 39.4 Å². The monoisotopic (exact) mass is 270 g/mol. The van der Waals surface area contributed by atoms with Crippen molar-refractivity contribution in [2.24, 2.45) is 0 Å². The van der Waals surface area contributed by atoms with Crippen molar-refractivity contribution in [3.8, 4) is 0 Å². The zero-order valence-electron chi connectivity index (χ0n) is 11.7. The predicted octanol–water partition coefficient (Wildman–Crippen LogP) is 0.520. The summed E-state index contributed by atoms with van der Waals surface area (Å²) in [7, 11) is 0. The second kappa shape index (κ2) is 7.22. The summed E-state index contributed by atoms with van der Waals surface area (Å²) < 4.78 is 5.23. The minimum atomic E-state index is -0.541. The van der Waals surface area contributed by atoms with Gasteiger partial charge in [-0.25, -0.2) is 0 Å². The lowest BCUT2D eigenvalue weighted by Gasteiger charge is -2.32. The molecule has 2 N–H and O–H groups in total. The highest BCUT2D eigenvalue weighted by molar-refractivity contribution is 5.76. The Balaban J connectivity index is 1.59. The Morgan fingerprint density at radius 1 is 1.21 bits per heavy atom. The number of carbonyl (C=O) groups excluding carboxylic acids is 1. The van der Waals surface area contributed by atoms with Crippen LogP contribution in [0.25, 0.3) is 0 Å². The number of nitrogens with zero attached hydrogens (tertiary/aromatic N) is 1. The topological polar surface area (TPSA) is 61.8 Å². The van der Waals surface area contributed by atoms with Crippen molar-refractivity contribution in [3.63, 3.8) is 0 Å². The molecule has 2 rings (SSSR count). The van der Waals surface area contributed by atoms with E-state index in [0.29, 0.717) is 45.8 Å². The van der Waals surface area contributed by atoms with Crippen LogP contribution in [0.1, 0.15) is 38.5 Å². The summed E-state index contributed by atoms with van der Waals surface area (Å²) in [6, 6.07) is 0.